The van der Waals surface area contributed by atoms with Crippen LogP contribution >= 0.6 is 0 Å². The zero-order valence-corrected chi connectivity index (χ0v) is 94.8. The minimum atomic E-state index is -0.686. The molecule has 5 saturated carbocycles. The molecule has 0 unspecified atom stereocenters. The van der Waals surface area contributed by atoms with Crippen molar-refractivity contribution in [2.75, 3.05) is 203 Å². The highest BCUT2D eigenvalue weighted by atomic mass is 16.6. The molecule has 5 aliphatic carbocycles. The zero-order valence-electron chi connectivity index (χ0n) is 94.8. The third-order valence-electron chi connectivity index (χ3n) is 29.2. The third-order valence-corrected chi connectivity index (χ3v) is 29.2. The summed E-state index contributed by atoms with van der Waals surface area (Å²) in [5, 5.41) is 19.9. The maximum Gasteiger partial charge on any atom is 0.224 e. The molecule has 14 rings (SSSR count). The fourth-order valence-corrected chi connectivity index (χ4v) is 21.3. The summed E-state index contributed by atoms with van der Waals surface area (Å²) >= 11 is 0. The van der Waals surface area contributed by atoms with Crippen LogP contribution in [0.1, 0.15) is 341 Å². The number of aliphatic hydroxyl groups is 2. The molecule has 28 nitrogen and oxygen atoms in total. The van der Waals surface area contributed by atoms with Gasteiger partial charge in [-0.05, 0) is 315 Å². The van der Waals surface area contributed by atoms with Gasteiger partial charge in [0.05, 0.1) is 193 Å². The number of piperidine rings is 5. The lowest BCUT2D eigenvalue weighted by molar-refractivity contribution is -0.169. The van der Waals surface area contributed by atoms with Crippen molar-refractivity contribution < 1.29 is 90.9 Å². The van der Waals surface area contributed by atoms with Crippen LogP contribution in [0.25, 0.3) is 0 Å². The lowest BCUT2D eigenvalue weighted by atomic mass is 9.76. The SMILES string of the molecule is CC(C)(C)OC1CC(OC2CCN(C(=O)CCN3CC(OC(C)(C)C)C3)CC2)C1.CC(C)(C)OC1CC(OC2CCN(C(=O)CCOC3CN(C(C)(C)C)C3)CC2)C1.CC(C)(C)OCC#CCCCN1CCC(OC2CC(OC(C)(C)C)C2)CC1.CC(C)(C)OCC#CCN1CCOC2(CCN(CC3(O)CC(O)C3)CC2)C1.CC(C)(C)OCCN1CCOC2(CCN(CCOC3CC(OC(C)(C)C)C3)CC2)C1. The predicted molar refractivity (Wildman–Crippen MR) is 564 cm³/mol. The molecule has 0 aromatic heterocycles. The molecule has 142 heavy (non-hydrogen) atoms. The summed E-state index contributed by atoms with van der Waals surface area (Å²) in [5.74, 6) is 13.2. The first-order chi connectivity index (χ1) is 66.3. The number of rotatable bonds is 33. The minimum absolute atomic E-state index is 0.0367. The Kier molecular flexibility index (Phi) is 46.5. The van der Waals surface area contributed by atoms with E-state index < -0.39 is 5.60 Å². The van der Waals surface area contributed by atoms with Crippen molar-refractivity contribution in [3.05, 3.63) is 0 Å². The van der Waals surface area contributed by atoms with Crippen molar-refractivity contribution >= 4 is 11.8 Å². The number of morpholine rings is 2. The highest BCUT2D eigenvalue weighted by Gasteiger charge is 2.48. The lowest BCUT2D eigenvalue weighted by Crippen LogP contribution is -2.60. The number of nitrogens with zero attached hydrogens (tertiary/aromatic N) is 9. The van der Waals surface area contributed by atoms with Crippen LogP contribution in [-0.4, -0.2) is 422 Å². The topological polar surface area (TPSA) is 242 Å². The Balaban J connectivity index is 0.000000183. The van der Waals surface area contributed by atoms with Crippen LogP contribution in [0.5, 0.6) is 0 Å². The average Bonchev–Trinajstić information content (AvgIpc) is 0.783. The number of carbonyl (C=O) groups excluding carboxylic acids is 2. The van der Waals surface area contributed by atoms with Crippen molar-refractivity contribution in [1.29, 1.82) is 0 Å². The largest absolute Gasteiger partial charge is 0.393 e. The van der Waals surface area contributed by atoms with E-state index in [0.717, 1.165) is 305 Å². The van der Waals surface area contributed by atoms with Gasteiger partial charge in [-0.1, -0.05) is 17.8 Å². The van der Waals surface area contributed by atoms with Crippen molar-refractivity contribution in [1.82, 2.24) is 44.1 Å². The van der Waals surface area contributed by atoms with E-state index in [1.54, 1.807) is 0 Å². The van der Waals surface area contributed by atoms with Crippen LogP contribution < -0.4 is 0 Å². The molecule has 2 spiro atoms. The highest BCUT2D eigenvalue weighted by Crippen LogP contribution is 2.41. The summed E-state index contributed by atoms with van der Waals surface area (Å²) in [4.78, 5) is 46.1. The maximum atomic E-state index is 12.5. The number of unbranched alkanes of at least 4 members (excludes halogenated alkanes) is 1. The van der Waals surface area contributed by atoms with Crippen LogP contribution in [-0.2, 0) is 80.6 Å². The summed E-state index contributed by atoms with van der Waals surface area (Å²) in [6.45, 7) is 84.7. The van der Waals surface area contributed by atoms with Gasteiger partial charge in [0.25, 0.3) is 0 Å². The molecule has 9 saturated heterocycles. The van der Waals surface area contributed by atoms with Gasteiger partial charge in [-0.2, -0.15) is 0 Å². The van der Waals surface area contributed by atoms with E-state index in [4.69, 9.17) is 71.1 Å². The van der Waals surface area contributed by atoms with Gasteiger partial charge in [0, 0.05) is 175 Å². The van der Waals surface area contributed by atoms with E-state index in [1.165, 1.54) is 0 Å². The van der Waals surface area contributed by atoms with E-state index >= 15 is 0 Å². The summed E-state index contributed by atoms with van der Waals surface area (Å²) < 4.78 is 90.3. The fourth-order valence-electron chi connectivity index (χ4n) is 21.3. The van der Waals surface area contributed by atoms with E-state index in [2.05, 4.69) is 224 Å². The van der Waals surface area contributed by atoms with Crippen molar-refractivity contribution in [3.8, 4) is 23.7 Å². The molecule has 0 aromatic carbocycles. The third kappa shape index (κ3) is 46.7. The van der Waals surface area contributed by atoms with Gasteiger partial charge in [0.1, 0.15) is 13.2 Å². The van der Waals surface area contributed by atoms with Gasteiger partial charge in [-0.3, -0.25) is 29.2 Å². The number of hydrogen-bond acceptors (Lipinski definition) is 26. The van der Waals surface area contributed by atoms with Crippen molar-refractivity contribution in [2.24, 2.45) is 0 Å². The van der Waals surface area contributed by atoms with Gasteiger partial charge in [-0.15, -0.1) is 5.92 Å². The molecule has 822 valence electrons. The number of ether oxygens (including phenoxy) is 15. The quantitative estimate of drug-likeness (QED) is 0.0458. The van der Waals surface area contributed by atoms with E-state index in [1.807, 2.05) is 30.6 Å². The smallest absolute Gasteiger partial charge is 0.224 e. The normalized spacial score (nSPS) is 28.1. The van der Waals surface area contributed by atoms with Crippen LogP contribution in [0, 0.1) is 23.7 Å². The number of carbonyl (C=O) groups is 2. The molecule has 2 N–H and O–H groups in total. The van der Waals surface area contributed by atoms with Gasteiger partial charge < -0.3 is 106 Å². The molecule has 9 heterocycles. The highest BCUT2D eigenvalue weighted by molar-refractivity contribution is 5.77. The number of hydrogen-bond donors (Lipinski definition) is 2. The van der Waals surface area contributed by atoms with Gasteiger partial charge >= 0.3 is 0 Å². The first-order valence-corrected chi connectivity index (χ1v) is 56.0. The molecule has 0 aromatic rings. The second-order valence-electron chi connectivity index (χ2n) is 53.0. The lowest BCUT2D eigenvalue weighted by Gasteiger charge is -2.49. The Morgan fingerprint density at radius 1 is 0.345 bits per heavy atom. The Morgan fingerprint density at radius 2 is 0.725 bits per heavy atom. The summed E-state index contributed by atoms with van der Waals surface area (Å²) in [7, 11) is 0. The number of aliphatic hydroxyl groups excluding tert-OH is 1. The number of amides is 2. The average molecular weight is 2010 g/mol. The number of β-amino-alcohol motifs (C(OH)–C–C–N with tert-alkyl or cyclic N) is 1. The predicted octanol–water partition coefficient (Wildman–Crippen LogP) is 15.1. The summed E-state index contributed by atoms with van der Waals surface area (Å²) in [6, 6.07) is 0. The summed E-state index contributed by atoms with van der Waals surface area (Å²) in [6.07, 6.45) is 27.0. The molecule has 0 bridgehead atoms. The number of likely N-dealkylation sites (tertiary alicyclic amines) is 7. The first kappa shape index (κ1) is 121. The van der Waals surface area contributed by atoms with Gasteiger partial charge in [0.2, 0.25) is 11.8 Å². The van der Waals surface area contributed by atoms with Gasteiger partial charge in [0.15, 0.2) is 0 Å². The van der Waals surface area contributed by atoms with Crippen molar-refractivity contribution in [2.45, 2.75) is 494 Å². The van der Waals surface area contributed by atoms with Crippen LogP contribution in [0.15, 0.2) is 0 Å². The fraction of sp³-hybridized carbons (Fsp3) is 0.947. The van der Waals surface area contributed by atoms with E-state index in [9.17, 15) is 19.8 Å². The van der Waals surface area contributed by atoms with E-state index in [0.29, 0.717) is 119 Å². The van der Waals surface area contributed by atoms with E-state index in [-0.39, 0.29) is 91.7 Å². The molecule has 0 radical (unpaired) electrons. The molecule has 9 aliphatic heterocycles. The van der Waals surface area contributed by atoms with Crippen LogP contribution in [0.2, 0.25) is 0 Å². The molecule has 14 aliphatic rings. The standard InChI is InChI=1S/C24H46N2O4.2C23H42N2O4.C23H41NO3.C21H36N2O4/c1-22(2,3)28-15-12-26-13-16-29-24(19-26)7-9-25(10-8-24)11-14-27-20-17-21(18-20)30-23(4,5)6;1-22(2,3)28-19-13-18(14-19)27-17-7-11-25(12-8-17)21(26)9-10-24-15-20(16-24)29-23(4,5)6;1-22(2,3)25-15-20(16-25)27-12-9-21(26)24-10-7-17(8-11-24)28-18-13-19(14-18)29-23(4,5)6;1-22(2,3)25-16-10-8-7-9-13-24-14-11-19(12-15-24)26-20-17-21(18-20)27-23(4,5)6;1-19(2,3)26-12-5-4-8-22-11-13-27-21(17-22)6-9-23(10-7-21)16-20(25)14-18(24)15-20/h20-21H,7-19H2,1-6H3;2*17-20H,7-16H2,1-6H3;19-21H,7,9,11-18H2,1-6H3;18,24-25H,6-17H2,1-3H3. The van der Waals surface area contributed by atoms with Crippen LogP contribution in [0.4, 0.5) is 0 Å². The molecule has 2 amide bonds. The summed E-state index contributed by atoms with van der Waals surface area (Å²) in [5.41, 5.74) is -1.11. The Morgan fingerprint density at radius 3 is 1.15 bits per heavy atom. The zero-order chi connectivity index (χ0) is 104. The van der Waals surface area contributed by atoms with Crippen molar-refractivity contribution in [3.63, 3.8) is 0 Å². The molecule has 14 fully saturated rings. The Hall–Kier alpha value is -2.90. The molecular weight excluding hydrogens is 1800 g/mol. The molecule has 0 atom stereocenters. The second kappa shape index (κ2) is 54.6. The minimum Gasteiger partial charge on any atom is -0.393 e. The van der Waals surface area contributed by atoms with Gasteiger partial charge in [-0.25, -0.2) is 0 Å². The molecule has 28 heteroatoms. The molecular formula is C114H207N9O19. The Bertz CT molecular complexity index is 3730. The Labute approximate surface area is 862 Å². The first-order valence-electron chi connectivity index (χ1n) is 56.0. The monoisotopic (exact) mass is 2010 g/mol. The maximum absolute atomic E-state index is 12.5. The van der Waals surface area contributed by atoms with Crippen LogP contribution in [0.3, 0.4) is 0 Å². The second-order valence-corrected chi connectivity index (χ2v) is 53.0.